The molecule has 1 aromatic carbocycles. The van der Waals surface area contributed by atoms with E-state index in [-0.39, 0.29) is 11.4 Å². The largest absolute Gasteiger partial charge is 0.364 e. The smallest absolute Gasteiger partial charge is 0.259 e. The number of benzene rings is 1. The average Bonchev–Trinajstić information content (AvgIpc) is 2.62. The molecule has 7 heteroatoms. The van der Waals surface area contributed by atoms with Gasteiger partial charge in [-0.1, -0.05) is 18.2 Å². The zero-order valence-electron chi connectivity index (χ0n) is 12.6. The standard InChI is InChI=1S/C17H14FN5O/c18-14-6-2-1-5-13(14)17(24)21-16-8-7-15(22-23-16)20-11-12-4-3-9-19-10-12/h1-10H,11H2,(H,20,22)(H,21,23,24). The molecule has 0 aliphatic carbocycles. The first-order valence-electron chi connectivity index (χ1n) is 7.25. The predicted octanol–water partition coefficient (Wildman–Crippen LogP) is 2.88. The predicted molar refractivity (Wildman–Crippen MR) is 87.9 cm³/mol. The zero-order valence-corrected chi connectivity index (χ0v) is 12.6. The van der Waals surface area contributed by atoms with E-state index in [4.69, 9.17) is 0 Å². The van der Waals surface area contributed by atoms with E-state index in [0.29, 0.717) is 12.4 Å². The van der Waals surface area contributed by atoms with Crippen LogP contribution < -0.4 is 10.6 Å². The lowest BCUT2D eigenvalue weighted by Crippen LogP contribution is -2.15. The summed E-state index contributed by atoms with van der Waals surface area (Å²) in [6, 6.07) is 12.8. The first-order chi connectivity index (χ1) is 11.7. The maximum Gasteiger partial charge on any atom is 0.259 e. The Labute approximate surface area is 137 Å². The molecule has 1 amide bonds. The molecule has 24 heavy (non-hydrogen) atoms. The SMILES string of the molecule is O=C(Nc1ccc(NCc2cccnc2)nn1)c1ccccc1F. The second-order valence-electron chi connectivity index (χ2n) is 4.95. The molecule has 2 aromatic heterocycles. The Morgan fingerprint density at radius 2 is 1.79 bits per heavy atom. The van der Waals surface area contributed by atoms with Gasteiger partial charge in [-0.15, -0.1) is 10.2 Å². The van der Waals surface area contributed by atoms with Crippen molar-refractivity contribution in [3.63, 3.8) is 0 Å². The molecule has 0 atom stereocenters. The van der Waals surface area contributed by atoms with E-state index in [9.17, 15) is 9.18 Å². The summed E-state index contributed by atoms with van der Waals surface area (Å²) in [6.07, 6.45) is 3.46. The van der Waals surface area contributed by atoms with Crippen molar-refractivity contribution in [1.82, 2.24) is 15.2 Å². The molecule has 0 unspecified atom stereocenters. The molecule has 6 nitrogen and oxygen atoms in total. The van der Waals surface area contributed by atoms with Crippen LogP contribution in [0.25, 0.3) is 0 Å². The van der Waals surface area contributed by atoms with Gasteiger partial charge in [0.1, 0.15) is 11.6 Å². The van der Waals surface area contributed by atoms with Crippen LogP contribution >= 0.6 is 0 Å². The summed E-state index contributed by atoms with van der Waals surface area (Å²) in [5, 5.41) is 13.5. The van der Waals surface area contributed by atoms with Gasteiger partial charge < -0.3 is 10.6 Å². The third kappa shape index (κ3) is 3.89. The number of hydrogen-bond acceptors (Lipinski definition) is 5. The van der Waals surface area contributed by atoms with Gasteiger partial charge in [-0.05, 0) is 35.9 Å². The highest BCUT2D eigenvalue weighted by molar-refractivity contribution is 6.03. The number of halogens is 1. The van der Waals surface area contributed by atoms with Gasteiger partial charge in [-0.3, -0.25) is 9.78 Å². The second kappa shape index (κ2) is 7.28. The second-order valence-corrected chi connectivity index (χ2v) is 4.95. The van der Waals surface area contributed by atoms with Crippen LogP contribution in [0.1, 0.15) is 15.9 Å². The quantitative estimate of drug-likeness (QED) is 0.755. The van der Waals surface area contributed by atoms with E-state index in [2.05, 4.69) is 25.8 Å². The van der Waals surface area contributed by atoms with Crippen molar-refractivity contribution in [2.75, 3.05) is 10.6 Å². The van der Waals surface area contributed by atoms with E-state index in [1.807, 2.05) is 12.1 Å². The molecule has 3 aromatic rings. The molecule has 0 bridgehead atoms. The number of nitrogens with zero attached hydrogens (tertiary/aromatic N) is 3. The highest BCUT2D eigenvalue weighted by Crippen LogP contribution is 2.11. The normalized spacial score (nSPS) is 10.2. The number of pyridine rings is 1. The summed E-state index contributed by atoms with van der Waals surface area (Å²) in [4.78, 5) is 16.0. The van der Waals surface area contributed by atoms with Gasteiger partial charge in [0.15, 0.2) is 5.82 Å². The molecule has 2 heterocycles. The molecule has 0 fully saturated rings. The van der Waals surface area contributed by atoms with Crippen molar-refractivity contribution in [3.05, 3.63) is 77.9 Å². The lowest BCUT2D eigenvalue weighted by atomic mass is 10.2. The summed E-state index contributed by atoms with van der Waals surface area (Å²) >= 11 is 0. The van der Waals surface area contributed by atoms with Gasteiger partial charge in [0.05, 0.1) is 5.56 Å². The molecular weight excluding hydrogens is 309 g/mol. The number of anilines is 2. The van der Waals surface area contributed by atoms with Gasteiger partial charge in [0.2, 0.25) is 0 Å². The van der Waals surface area contributed by atoms with Crippen LogP contribution in [0.5, 0.6) is 0 Å². The summed E-state index contributed by atoms with van der Waals surface area (Å²) in [6.45, 7) is 0.559. The van der Waals surface area contributed by atoms with Crippen molar-refractivity contribution in [3.8, 4) is 0 Å². The summed E-state index contributed by atoms with van der Waals surface area (Å²) in [5.41, 5.74) is 0.967. The summed E-state index contributed by atoms with van der Waals surface area (Å²) in [5.74, 6) is -0.353. The molecule has 2 N–H and O–H groups in total. The van der Waals surface area contributed by atoms with Gasteiger partial charge >= 0.3 is 0 Å². The van der Waals surface area contributed by atoms with Crippen LogP contribution in [-0.4, -0.2) is 21.1 Å². The van der Waals surface area contributed by atoms with Crippen LogP contribution in [0.3, 0.4) is 0 Å². The van der Waals surface area contributed by atoms with Crippen LogP contribution in [0.2, 0.25) is 0 Å². The minimum atomic E-state index is -0.585. The Hall–Kier alpha value is -3.35. The van der Waals surface area contributed by atoms with Crippen molar-refractivity contribution < 1.29 is 9.18 Å². The molecule has 0 radical (unpaired) electrons. The fourth-order valence-electron chi connectivity index (χ4n) is 2.02. The minimum absolute atomic E-state index is 0.0434. The fraction of sp³-hybridized carbons (Fsp3) is 0.0588. The van der Waals surface area contributed by atoms with E-state index in [1.54, 1.807) is 30.6 Å². The highest BCUT2D eigenvalue weighted by Gasteiger charge is 2.11. The third-order valence-electron chi connectivity index (χ3n) is 3.22. The first kappa shape index (κ1) is 15.5. The Morgan fingerprint density at radius 1 is 1.00 bits per heavy atom. The Bertz CT molecular complexity index is 824. The number of aromatic nitrogens is 3. The Morgan fingerprint density at radius 3 is 2.50 bits per heavy atom. The molecule has 0 saturated carbocycles. The van der Waals surface area contributed by atoms with Gasteiger partial charge in [-0.25, -0.2) is 4.39 Å². The van der Waals surface area contributed by atoms with E-state index in [0.717, 1.165) is 5.56 Å². The van der Waals surface area contributed by atoms with E-state index in [1.165, 1.54) is 18.2 Å². The van der Waals surface area contributed by atoms with Crippen molar-refractivity contribution >= 4 is 17.5 Å². The minimum Gasteiger partial charge on any atom is -0.364 e. The monoisotopic (exact) mass is 323 g/mol. The zero-order chi connectivity index (χ0) is 16.8. The summed E-state index contributed by atoms with van der Waals surface area (Å²) in [7, 11) is 0. The fourth-order valence-corrected chi connectivity index (χ4v) is 2.02. The molecular formula is C17H14FN5O. The molecule has 0 saturated heterocycles. The number of nitrogens with one attached hydrogen (secondary N) is 2. The lowest BCUT2D eigenvalue weighted by molar-refractivity contribution is 0.102. The third-order valence-corrected chi connectivity index (χ3v) is 3.22. The molecule has 3 rings (SSSR count). The van der Waals surface area contributed by atoms with E-state index < -0.39 is 11.7 Å². The van der Waals surface area contributed by atoms with Crippen molar-refractivity contribution in [2.24, 2.45) is 0 Å². The van der Waals surface area contributed by atoms with Crippen LogP contribution in [0.4, 0.5) is 16.0 Å². The molecule has 0 aliphatic rings. The van der Waals surface area contributed by atoms with Crippen molar-refractivity contribution in [1.29, 1.82) is 0 Å². The average molecular weight is 323 g/mol. The lowest BCUT2D eigenvalue weighted by Gasteiger charge is -2.07. The van der Waals surface area contributed by atoms with E-state index >= 15 is 0 Å². The number of hydrogen-bond donors (Lipinski definition) is 2. The number of amides is 1. The Balaban J connectivity index is 1.60. The van der Waals surface area contributed by atoms with Gasteiger partial charge in [-0.2, -0.15) is 0 Å². The van der Waals surface area contributed by atoms with Crippen LogP contribution in [-0.2, 0) is 6.54 Å². The number of rotatable bonds is 5. The topological polar surface area (TPSA) is 79.8 Å². The van der Waals surface area contributed by atoms with Gasteiger partial charge in [0, 0.05) is 18.9 Å². The van der Waals surface area contributed by atoms with Crippen LogP contribution in [0, 0.1) is 5.82 Å². The first-order valence-corrected chi connectivity index (χ1v) is 7.25. The Kier molecular flexibility index (Phi) is 4.71. The molecule has 120 valence electrons. The summed E-state index contributed by atoms with van der Waals surface area (Å²) < 4.78 is 13.6. The maximum atomic E-state index is 13.6. The number of carbonyl (C=O) groups excluding carboxylic acids is 1. The molecule has 0 spiro atoms. The van der Waals surface area contributed by atoms with Crippen molar-refractivity contribution in [2.45, 2.75) is 6.54 Å². The molecule has 0 aliphatic heterocycles. The van der Waals surface area contributed by atoms with Gasteiger partial charge in [0.25, 0.3) is 5.91 Å². The van der Waals surface area contributed by atoms with Crippen LogP contribution in [0.15, 0.2) is 60.9 Å². The maximum absolute atomic E-state index is 13.6. The number of carbonyl (C=O) groups is 1. The highest BCUT2D eigenvalue weighted by atomic mass is 19.1.